The molecule has 0 atom stereocenters. The van der Waals surface area contributed by atoms with Crippen LogP contribution in [0.4, 0.5) is 0 Å². The van der Waals surface area contributed by atoms with Gasteiger partial charge in [0, 0.05) is 18.7 Å². The third-order valence-electron chi connectivity index (χ3n) is 5.63. The molecule has 0 unspecified atom stereocenters. The highest BCUT2D eigenvalue weighted by Gasteiger charge is 2.07. The van der Waals surface area contributed by atoms with Gasteiger partial charge in [0.05, 0.1) is 11.0 Å². The molecule has 0 aliphatic rings. The number of aromatic amines is 1. The van der Waals surface area contributed by atoms with Crippen molar-refractivity contribution < 1.29 is 0 Å². The van der Waals surface area contributed by atoms with E-state index in [4.69, 9.17) is 4.98 Å². The van der Waals surface area contributed by atoms with Gasteiger partial charge in [-0.25, -0.2) is 4.98 Å². The second-order valence-electron chi connectivity index (χ2n) is 7.92. The Hall–Kier alpha value is -3.69. The summed E-state index contributed by atoms with van der Waals surface area (Å²) in [6.45, 7) is 3.81. The van der Waals surface area contributed by atoms with Gasteiger partial charge in [0.25, 0.3) is 0 Å². The fraction of sp³-hybridized carbons (Fsp3) is 0.107. The van der Waals surface area contributed by atoms with Gasteiger partial charge in [-0.2, -0.15) is 0 Å². The van der Waals surface area contributed by atoms with Crippen molar-refractivity contribution in [3.05, 3.63) is 114 Å². The number of para-hydroxylation sites is 1. The highest BCUT2D eigenvalue weighted by atomic mass is 14.9. The summed E-state index contributed by atoms with van der Waals surface area (Å²) in [6.07, 6.45) is 0. The molecule has 0 spiro atoms. The second-order valence-corrected chi connectivity index (χ2v) is 7.92. The fourth-order valence-electron chi connectivity index (χ4n) is 3.94. The Bertz CT molecular complexity index is 1300. The van der Waals surface area contributed by atoms with Crippen LogP contribution in [0.25, 0.3) is 33.5 Å². The van der Waals surface area contributed by atoms with Crippen molar-refractivity contribution in [3.8, 4) is 22.5 Å². The maximum absolute atomic E-state index is 4.79. The van der Waals surface area contributed by atoms with E-state index in [1.165, 1.54) is 27.8 Å². The van der Waals surface area contributed by atoms with Gasteiger partial charge >= 0.3 is 0 Å². The molecular weight excluding hydrogens is 378 g/mol. The number of H-pyrrole nitrogens is 1. The third kappa shape index (κ3) is 4.27. The number of hydrogen-bond acceptors (Lipinski definition) is 2. The second kappa shape index (κ2) is 8.58. The van der Waals surface area contributed by atoms with Crippen LogP contribution in [0.15, 0.2) is 97.1 Å². The molecule has 0 radical (unpaired) electrons. The minimum absolute atomic E-state index is 0.846. The lowest BCUT2D eigenvalue weighted by Crippen LogP contribution is -2.12. The van der Waals surface area contributed by atoms with Crippen molar-refractivity contribution in [3.63, 3.8) is 0 Å². The van der Waals surface area contributed by atoms with Crippen molar-refractivity contribution in [1.29, 1.82) is 0 Å². The molecule has 31 heavy (non-hydrogen) atoms. The van der Waals surface area contributed by atoms with E-state index >= 15 is 0 Å². The number of imidazole rings is 1. The van der Waals surface area contributed by atoms with Gasteiger partial charge in [-0.1, -0.05) is 84.9 Å². The predicted molar refractivity (Wildman–Crippen MR) is 129 cm³/mol. The van der Waals surface area contributed by atoms with Crippen LogP contribution in [0.1, 0.15) is 16.7 Å². The van der Waals surface area contributed by atoms with Crippen molar-refractivity contribution >= 4 is 11.0 Å². The van der Waals surface area contributed by atoms with Crippen LogP contribution in [0.3, 0.4) is 0 Å². The summed E-state index contributed by atoms with van der Waals surface area (Å²) in [5.41, 5.74) is 9.42. The molecule has 1 heterocycles. The minimum Gasteiger partial charge on any atom is -0.338 e. The monoisotopic (exact) mass is 403 g/mol. The summed E-state index contributed by atoms with van der Waals surface area (Å²) in [6, 6.07) is 34.1. The maximum Gasteiger partial charge on any atom is 0.138 e. The molecule has 2 N–H and O–H groups in total. The van der Waals surface area contributed by atoms with Gasteiger partial charge in [-0.15, -0.1) is 0 Å². The molecule has 5 rings (SSSR count). The molecule has 5 aromatic rings. The first-order valence-electron chi connectivity index (χ1n) is 10.7. The molecule has 0 bridgehead atoms. The first-order chi connectivity index (χ1) is 15.3. The number of rotatable bonds is 6. The van der Waals surface area contributed by atoms with E-state index < -0.39 is 0 Å². The Balaban J connectivity index is 1.31. The van der Waals surface area contributed by atoms with Crippen molar-refractivity contribution in [1.82, 2.24) is 15.3 Å². The van der Waals surface area contributed by atoms with E-state index in [2.05, 4.69) is 108 Å². The van der Waals surface area contributed by atoms with E-state index in [9.17, 15) is 0 Å². The van der Waals surface area contributed by atoms with Crippen molar-refractivity contribution in [2.75, 3.05) is 0 Å². The van der Waals surface area contributed by atoms with E-state index in [0.29, 0.717) is 0 Å². The summed E-state index contributed by atoms with van der Waals surface area (Å²) >= 11 is 0. The molecule has 0 saturated heterocycles. The lowest BCUT2D eigenvalue weighted by atomic mass is 10.0. The zero-order valence-electron chi connectivity index (χ0n) is 17.6. The molecule has 0 amide bonds. The van der Waals surface area contributed by atoms with Gasteiger partial charge in [-0.05, 0) is 46.9 Å². The van der Waals surface area contributed by atoms with Crippen LogP contribution in [0.2, 0.25) is 0 Å². The Kier molecular flexibility index (Phi) is 5.34. The van der Waals surface area contributed by atoms with E-state index in [1.54, 1.807) is 0 Å². The number of hydrogen-bond donors (Lipinski definition) is 2. The predicted octanol–water partition coefficient (Wildman–Crippen LogP) is 6.50. The fourth-order valence-corrected chi connectivity index (χ4v) is 3.94. The van der Waals surface area contributed by atoms with Crippen molar-refractivity contribution in [2.45, 2.75) is 20.0 Å². The number of nitrogens with zero attached hydrogens (tertiary/aromatic N) is 1. The van der Waals surface area contributed by atoms with Gasteiger partial charge in [0.15, 0.2) is 0 Å². The highest BCUT2D eigenvalue weighted by molar-refractivity contribution is 5.82. The third-order valence-corrected chi connectivity index (χ3v) is 5.63. The summed E-state index contributed by atoms with van der Waals surface area (Å²) in [4.78, 5) is 8.23. The average molecular weight is 404 g/mol. The lowest BCUT2D eigenvalue weighted by Gasteiger charge is -2.08. The number of aromatic nitrogens is 2. The van der Waals surface area contributed by atoms with E-state index in [0.717, 1.165) is 35.5 Å². The van der Waals surface area contributed by atoms with Crippen molar-refractivity contribution in [2.24, 2.45) is 0 Å². The molecule has 152 valence electrons. The standard InChI is InChI=1S/C28H25N3/c1-20-7-5-12-26-27(20)31-28(30-26)24-15-13-23(14-16-24)25-11-6-10-22(17-25)19-29-18-21-8-3-2-4-9-21/h2-17,29H,18-19H2,1H3,(H,30,31). The molecule has 0 aliphatic carbocycles. The van der Waals surface area contributed by atoms with Crippen LogP contribution in [0.5, 0.6) is 0 Å². The zero-order valence-corrected chi connectivity index (χ0v) is 17.6. The number of fused-ring (bicyclic) bond motifs is 1. The van der Waals surface area contributed by atoms with Crippen LogP contribution in [-0.2, 0) is 13.1 Å². The largest absolute Gasteiger partial charge is 0.338 e. The number of nitrogens with one attached hydrogen (secondary N) is 2. The van der Waals surface area contributed by atoms with Gasteiger partial charge in [0.1, 0.15) is 5.82 Å². The van der Waals surface area contributed by atoms with Crippen LogP contribution in [0, 0.1) is 6.92 Å². The SMILES string of the molecule is Cc1cccc2[nH]c(-c3ccc(-c4cccc(CNCc5ccccc5)c4)cc3)nc12. The molecule has 1 aromatic heterocycles. The lowest BCUT2D eigenvalue weighted by molar-refractivity contribution is 0.693. The summed E-state index contributed by atoms with van der Waals surface area (Å²) < 4.78 is 0. The molecule has 3 nitrogen and oxygen atoms in total. The Morgan fingerprint density at radius 2 is 1.39 bits per heavy atom. The Morgan fingerprint density at radius 3 is 2.19 bits per heavy atom. The van der Waals surface area contributed by atoms with Crippen LogP contribution < -0.4 is 5.32 Å². The van der Waals surface area contributed by atoms with Gasteiger partial charge in [-0.3, -0.25) is 0 Å². The molecule has 4 aromatic carbocycles. The van der Waals surface area contributed by atoms with Gasteiger partial charge < -0.3 is 10.3 Å². The molecule has 0 fully saturated rings. The Labute approximate surface area is 182 Å². The first-order valence-corrected chi connectivity index (χ1v) is 10.7. The van der Waals surface area contributed by atoms with E-state index in [1.807, 2.05) is 6.07 Å². The average Bonchev–Trinajstić information content (AvgIpc) is 3.26. The van der Waals surface area contributed by atoms with Crippen LogP contribution in [-0.4, -0.2) is 9.97 Å². The number of aryl methyl sites for hydroxylation is 1. The smallest absolute Gasteiger partial charge is 0.138 e. The summed E-state index contributed by atoms with van der Waals surface area (Å²) in [5, 5.41) is 3.53. The minimum atomic E-state index is 0.846. The highest BCUT2D eigenvalue weighted by Crippen LogP contribution is 2.26. The maximum atomic E-state index is 4.79. The quantitative estimate of drug-likeness (QED) is 0.340. The molecular formula is C28H25N3. The molecule has 3 heteroatoms. The number of benzene rings is 4. The van der Waals surface area contributed by atoms with Crippen LogP contribution >= 0.6 is 0 Å². The summed E-state index contributed by atoms with van der Waals surface area (Å²) in [5.74, 6) is 0.912. The zero-order chi connectivity index (χ0) is 21.0. The molecule has 0 aliphatic heterocycles. The Morgan fingerprint density at radius 1 is 0.677 bits per heavy atom. The summed E-state index contributed by atoms with van der Waals surface area (Å²) in [7, 11) is 0. The topological polar surface area (TPSA) is 40.7 Å². The first kappa shape index (κ1) is 19.3. The van der Waals surface area contributed by atoms with Gasteiger partial charge in [0.2, 0.25) is 0 Å². The normalized spacial score (nSPS) is 11.1. The van der Waals surface area contributed by atoms with E-state index in [-0.39, 0.29) is 0 Å². The molecule has 0 saturated carbocycles.